The van der Waals surface area contributed by atoms with Crippen LogP contribution in [0.5, 0.6) is 17.2 Å². The van der Waals surface area contributed by atoms with Crippen LogP contribution in [0.2, 0.25) is 0 Å². The molecule has 4 aliphatic rings. The quantitative estimate of drug-likeness (QED) is 0.149. The van der Waals surface area contributed by atoms with Gasteiger partial charge in [-0.3, -0.25) is 0 Å². The Balaban J connectivity index is 1.03. The topological polar surface area (TPSA) is 24.9 Å². The van der Waals surface area contributed by atoms with Gasteiger partial charge in [-0.2, -0.15) is 0 Å². The van der Waals surface area contributed by atoms with Gasteiger partial charge in [-0.15, -0.1) is 0 Å². The minimum atomic E-state index is -0.118. The molecule has 0 aromatic heterocycles. The van der Waals surface area contributed by atoms with Gasteiger partial charge in [-0.25, -0.2) is 0 Å². The van der Waals surface area contributed by atoms with Gasteiger partial charge in [0, 0.05) is 63.0 Å². The minimum absolute atomic E-state index is 0.00994. The van der Waals surface area contributed by atoms with Crippen molar-refractivity contribution in [2.24, 2.45) is 11.8 Å². The number of fused-ring (bicyclic) bond motifs is 8. The van der Waals surface area contributed by atoms with Crippen LogP contribution in [0.25, 0.3) is 32.7 Å². The monoisotopic (exact) mass is 832 g/mol. The summed E-state index contributed by atoms with van der Waals surface area (Å²) in [6.45, 7) is -0.118. The lowest BCUT2D eigenvalue weighted by atomic mass is 9.31. The van der Waals surface area contributed by atoms with Gasteiger partial charge in [0.1, 0.15) is 23.0 Å². The largest absolute Gasteiger partial charge is 0.459 e. The Morgan fingerprint density at radius 2 is 0.969 bits per heavy atom. The van der Waals surface area contributed by atoms with Gasteiger partial charge in [0.2, 0.25) is 0 Å². The summed E-state index contributed by atoms with van der Waals surface area (Å²) in [5, 5.41) is 4.70. The minimum Gasteiger partial charge on any atom is -0.459 e. The smallest absolute Gasteiger partial charge is 0.257 e. The normalized spacial score (nSPS) is 16.4. The summed E-state index contributed by atoms with van der Waals surface area (Å²) in [5.41, 5.74) is 12.5. The van der Waals surface area contributed by atoms with Crippen LogP contribution in [0.4, 0.5) is 28.4 Å². The molecule has 0 amide bonds. The van der Waals surface area contributed by atoms with Gasteiger partial charge in [-0.1, -0.05) is 170 Å². The molecule has 13 rings (SSSR count). The lowest BCUT2D eigenvalue weighted by Gasteiger charge is -2.44. The highest BCUT2D eigenvalue weighted by Gasteiger charge is 2.49. The van der Waals surface area contributed by atoms with E-state index in [1.165, 1.54) is 38.5 Å². The maximum Gasteiger partial charge on any atom is 0.257 e. The molecule has 0 saturated carbocycles. The number of rotatable bonds is 7. The second-order valence-corrected chi connectivity index (χ2v) is 17.1. The Bertz CT molecular complexity index is 3450. The number of hydrogen-bond acceptors (Lipinski definition) is 4. The van der Waals surface area contributed by atoms with Crippen molar-refractivity contribution in [2.75, 3.05) is 9.80 Å². The van der Waals surface area contributed by atoms with Crippen LogP contribution in [-0.4, -0.2) is 6.71 Å². The fourth-order valence-electron chi connectivity index (χ4n) is 10.7. The molecule has 0 spiro atoms. The summed E-state index contributed by atoms with van der Waals surface area (Å²) in [4.78, 5) is 4.82. The molecular formula is C60H41BN2O2. The lowest BCUT2D eigenvalue weighted by molar-refractivity contribution is 0.411. The van der Waals surface area contributed by atoms with Gasteiger partial charge in [0.25, 0.3) is 6.71 Å². The van der Waals surface area contributed by atoms with E-state index < -0.39 is 0 Å². The first-order valence-corrected chi connectivity index (χ1v) is 22.5. The van der Waals surface area contributed by atoms with Gasteiger partial charge in [-0.05, 0) is 87.4 Å². The average Bonchev–Trinajstić information content (AvgIpc) is 3.37. The van der Waals surface area contributed by atoms with Crippen molar-refractivity contribution in [2.45, 2.75) is 0 Å². The second-order valence-electron chi connectivity index (χ2n) is 17.1. The number of benzene rings is 9. The Hall–Kier alpha value is -8.28. The standard InChI is InChI=1S/C60H41BN2O2/c1-4-18-40(19-5-1)41-34-36-45(37-35-41)62(43-22-6-2-7-23-43)52-38-56-58(49-29-14-12-27-47(49)52)61-59-50-30-15-13-28-48(50)53(39-57(59)65-55-33-17-32-54(64-56)60(55)61)63(44-24-8-3-9-25-44)51-31-16-21-42-20-10-11-26-46(42)51/h1-39,48,50H. The van der Waals surface area contributed by atoms with Crippen LogP contribution in [0.15, 0.2) is 254 Å². The molecule has 2 unspecified atom stereocenters. The van der Waals surface area contributed by atoms with Crippen molar-refractivity contribution >= 4 is 67.6 Å². The third-order valence-corrected chi connectivity index (χ3v) is 13.5. The van der Waals surface area contributed by atoms with Crippen molar-refractivity contribution in [3.63, 3.8) is 0 Å². The molecular weight excluding hydrogens is 791 g/mol. The summed E-state index contributed by atoms with van der Waals surface area (Å²) in [5.74, 6) is 3.44. The zero-order valence-corrected chi connectivity index (χ0v) is 35.5. The molecule has 2 atom stereocenters. The predicted octanol–water partition coefficient (Wildman–Crippen LogP) is 14.1. The third-order valence-electron chi connectivity index (χ3n) is 13.5. The van der Waals surface area contributed by atoms with E-state index >= 15 is 0 Å². The van der Waals surface area contributed by atoms with Gasteiger partial charge in [0.05, 0.1) is 11.4 Å². The van der Waals surface area contributed by atoms with Crippen molar-refractivity contribution < 1.29 is 9.47 Å². The molecule has 0 radical (unpaired) electrons. The highest BCUT2D eigenvalue weighted by Crippen LogP contribution is 2.51. The number of ether oxygens (including phenoxy) is 2. The Kier molecular flexibility index (Phi) is 8.73. The predicted molar refractivity (Wildman–Crippen MR) is 269 cm³/mol. The molecule has 0 saturated heterocycles. The average molecular weight is 833 g/mol. The van der Waals surface area contributed by atoms with E-state index in [2.05, 4.69) is 246 Å². The van der Waals surface area contributed by atoms with E-state index in [1.807, 2.05) is 0 Å². The molecule has 2 aliphatic heterocycles. The molecule has 306 valence electrons. The summed E-state index contributed by atoms with van der Waals surface area (Å²) in [7, 11) is 0. The third kappa shape index (κ3) is 6.07. The molecule has 65 heavy (non-hydrogen) atoms. The first-order chi connectivity index (χ1) is 32.3. The SMILES string of the molecule is C1=CC2C(N(c3ccccc3)c3cccc4ccccc34)=CC3=C(B4c5c(cccc5Oc5cc(N(c6ccccc6)c6ccc(-c7ccccc7)cc6)c6ccccc6c54)O3)C2C=C1. The maximum absolute atomic E-state index is 7.15. The lowest BCUT2D eigenvalue weighted by Crippen LogP contribution is -2.54. The number of hydrogen-bond donors (Lipinski definition) is 0. The molecule has 2 heterocycles. The number of para-hydroxylation sites is 2. The first-order valence-electron chi connectivity index (χ1n) is 22.5. The van der Waals surface area contributed by atoms with Gasteiger partial charge >= 0.3 is 0 Å². The molecule has 0 bridgehead atoms. The molecule has 9 aromatic rings. The van der Waals surface area contributed by atoms with Crippen molar-refractivity contribution in [1.29, 1.82) is 0 Å². The van der Waals surface area contributed by atoms with Crippen molar-refractivity contribution in [1.82, 2.24) is 0 Å². The Morgan fingerprint density at radius 3 is 1.72 bits per heavy atom. The highest BCUT2D eigenvalue weighted by molar-refractivity contribution is 6.95. The zero-order valence-electron chi connectivity index (χ0n) is 35.5. The molecule has 0 fully saturated rings. The van der Waals surface area contributed by atoms with Gasteiger partial charge < -0.3 is 19.3 Å². The summed E-state index contributed by atoms with van der Waals surface area (Å²) in [6, 6.07) is 73.6. The Labute approximate surface area is 379 Å². The van der Waals surface area contributed by atoms with Crippen LogP contribution in [0.1, 0.15) is 0 Å². The zero-order chi connectivity index (χ0) is 42.8. The summed E-state index contributed by atoms with van der Waals surface area (Å²) < 4.78 is 14.3. The molecule has 2 aliphatic carbocycles. The number of nitrogens with zero attached hydrogens (tertiary/aromatic N) is 2. The fraction of sp³-hybridized carbons (Fsp3) is 0.0333. The van der Waals surface area contributed by atoms with Crippen LogP contribution in [0, 0.1) is 11.8 Å². The maximum atomic E-state index is 7.15. The Morgan fingerprint density at radius 1 is 0.400 bits per heavy atom. The first kappa shape index (κ1) is 37.3. The van der Waals surface area contributed by atoms with E-state index in [4.69, 9.17) is 9.47 Å². The van der Waals surface area contributed by atoms with Crippen LogP contribution in [-0.2, 0) is 0 Å². The van der Waals surface area contributed by atoms with E-state index in [9.17, 15) is 0 Å². The summed E-state index contributed by atoms with van der Waals surface area (Å²) >= 11 is 0. The second kappa shape index (κ2) is 15.2. The molecule has 4 nitrogen and oxygen atoms in total. The fourth-order valence-corrected chi connectivity index (χ4v) is 10.7. The van der Waals surface area contributed by atoms with E-state index in [1.54, 1.807) is 0 Å². The van der Waals surface area contributed by atoms with Crippen LogP contribution in [0.3, 0.4) is 0 Å². The van der Waals surface area contributed by atoms with E-state index in [-0.39, 0.29) is 18.5 Å². The highest BCUT2D eigenvalue weighted by atomic mass is 16.5. The van der Waals surface area contributed by atoms with Crippen LogP contribution >= 0.6 is 0 Å². The van der Waals surface area contributed by atoms with E-state index in [0.29, 0.717) is 0 Å². The summed E-state index contributed by atoms with van der Waals surface area (Å²) in [6.07, 6.45) is 11.5. The van der Waals surface area contributed by atoms with Crippen molar-refractivity contribution in [3.8, 4) is 28.4 Å². The van der Waals surface area contributed by atoms with Crippen LogP contribution < -0.4 is 30.2 Å². The van der Waals surface area contributed by atoms with Gasteiger partial charge in [0.15, 0.2) is 0 Å². The van der Waals surface area contributed by atoms with Crippen molar-refractivity contribution in [3.05, 3.63) is 254 Å². The molecule has 9 aromatic carbocycles. The molecule has 5 heteroatoms. The molecule has 0 N–H and O–H groups in total. The number of anilines is 5. The van der Waals surface area contributed by atoms with E-state index in [0.717, 1.165) is 67.7 Å². The number of allylic oxidation sites excluding steroid dienone is 6.